The Morgan fingerprint density at radius 1 is 0.944 bits per heavy atom. The summed E-state index contributed by atoms with van der Waals surface area (Å²) in [6.45, 7) is 6.64. The van der Waals surface area contributed by atoms with Crippen molar-refractivity contribution in [3.05, 3.63) is 83.6 Å². The van der Waals surface area contributed by atoms with E-state index in [4.69, 9.17) is 4.74 Å². The minimum atomic E-state index is 0.589. The summed E-state index contributed by atoms with van der Waals surface area (Å²) in [5, 5.41) is 0. The molecule has 1 heteroatoms. The highest BCUT2D eigenvalue weighted by Gasteiger charge is 1.99. The number of hydrogen-bond acceptors (Lipinski definition) is 1. The normalized spacial score (nSPS) is 10.1. The van der Waals surface area contributed by atoms with Gasteiger partial charge in [-0.1, -0.05) is 66.7 Å². The van der Waals surface area contributed by atoms with Gasteiger partial charge in [0.2, 0.25) is 0 Å². The Bertz CT molecular complexity index is 497. The van der Waals surface area contributed by atoms with Gasteiger partial charge in [-0.2, -0.15) is 0 Å². The fourth-order valence-corrected chi connectivity index (χ4v) is 1.74. The summed E-state index contributed by atoms with van der Waals surface area (Å²) in [4.78, 5) is 0. The van der Waals surface area contributed by atoms with Crippen molar-refractivity contribution in [2.75, 3.05) is 0 Å². The molecule has 0 aliphatic heterocycles. The highest BCUT2D eigenvalue weighted by Crippen LogP contribution is 2.11. The summed E-state index contributed by atoms with van der Waals surface area (Å²) < 4.78 is 5.67. The predicted molar refractivity (Wildman–Crippen MR) is 75.3 cm³/mol. The van der Waals surface area contributed by atoms with Gasteiger partial charge in [-0.15, -0.1) is 0 Å². The van der Waals surface area contributed by atoms with Gasteiger partial charge in [0.15, 0.2) is 0 Å². The lowest BCUT2D eigenvalue weighted by Gasteiger charge is -2.09. The number of benzene rings is 2. The van der Waals surface area contributed by atoms with E-state index in [2.05, 4.69) is 49.9 Å². The Hall–Kier alpha value is -2.02. The standard InChI is InChI=1S/C17H18O/c1-14-8-10-16(11-9-14)12-15(2)18-13-17-6-4-3-5-7-17/h3-11H,2,12-13H2,1H3. The van der Waals surface area contributed by atoms with E-state index in [1.54, 1.807) is 0 Å². The molecule has 2 rings (SSSR count). The molecule has 0 atom stereocenters. The molecule has 2 aromatic carbocycles. The number of allylic oxidation sites excluding steroid dienone is 1. The van der Waals surface area contributed by atoms with Crippen molar-refractivity contribution in [2.45, 2.75) is 20.0 Å². The van der Waals surface area contributed by atoms with E-state index >= 15 is 0 Å². The van der Waals surface area contributed by atoms with Crippen LogP contribution in [-0.2, 0) is 17.8 Å². The van der Waals surface area contributed by atoms with E-state index in [1.807, 2.05) is 18.2 Å². The first kappa shape index (κ1) is 12.4. The first-order valence-corrected chi connectivity index (χ1v) is 6.14. The summed E-state index contributed by atoms with van der Waals surface area (Å²) >= 11 is 0. The van der Waals surface area contributed by atoms with Gasteiger partial charge >= 0.3 is 0 Å². The zero-order valence-electron chi connectivity index (χ0n) is 10.7. The van der Waals surface area contributed by atoms with Crippen molar-refractivity contribution < 1.29 is 4.74 Å². The Morgan fingerprint density at radius 3 is 2.28 bits per heavy atom. The number of hydrogen-bond donors (Lipinski definition) is 0. The minimum Gasteiger partial charge on any atom is -0.494 e. The van der Waals surface area contributed by atoms with Crippen molar-refractivity contribution in [3.8, 4) is 0 Å². The van der Waals surface area contributed by atoms with Crippen LogP contribution in [0.15, 0.2) is 66.9 Å². The second-order valence-electron chi connectivity index (χ2n) is 4.48. The Morgan fingerprint density at radius 2 is 1.61 bits per heavy atom. The second-order valence-corrected chi connectivity index (χ2v) is 4.48. The van der Waals surface area contributed by atoms with Crippen LogP contribution >= 0.6 is 0 Å². The molecule has 2 aromatic rings. The number of aryl methyl sites for hydroxylation is 1. The molecule has 0 aliphatic rings. The van der Waals surface area contributed by atoms with Crippen LogP contribution in [0, 0.1) is 6.92 Å². The smallest absolute Gasteiger partial charge is 0.113 e. The Kier molecular flexibility index (Phi) is 4.19. The maximum Gasteiger partial charge on any atom is 0.113 e. The van der Waals surface area contributed by atoms with E-state index in [-0.39, 0.29) is 0 Å². The van der Waals surface area contributed by atoms with Gasteiger partial charge in [-0.3, -0.25) is 0 Å². The summed E-state index contributed by atoms with van der Waals surface area (Å²) in [6.07, 6.45) is 0.771. The van der Waals surface area contributed by atoms with Crippen LogP contribution in [-0.4, -0.2) is 0 Å². The lowest BCUT2D eigenvalue weighted by molar-refractivity contribution is 0.194. The topological polar surface area (TPSA) is 9.23 Å². The predicted octanol–water partition coefficient (Wildman–Crippen LogP) is 4.27. The van der Waals surface area contributed by atoms with Crippen LogP contribution in [0.3, 0.4) is 0 Å². The molecule has 0 bridgehead atoms. The van der Waals surface area contributed by atoms with Crippen LogP contribution in [0.1, 0.15) is 16.7 Å². The zero-order valence-corrected chi connectivity index (χ0v) is 10.7. The summed E-state index contributed by atoms with van der Waals surface area (Å²) in [6, 6.07) is 18.6. The summed E-state index contributed by atoms with van der Waals surface area (Å²) in [5.74, 6) is 0.808. The van der Waals surface area contributed by atoms with Gasteiger partial charge in [0.25, 0.3) is 0 Å². The molecule has 18 heavy (non-hydrogen) atoms. The average molecular weight is 238 g/mol. The number of ether oxygens (including phenoxy) is 1. The van der Waals surface area contributed by atoms with E-state index in [0.717, 1.165) is 12.2 Å². The van der Waals surface area contributed by atoms with E-state index < -0.39 is 0 Å². The SMILES string of the molecule is C=C(Cc1ccc(C)cc1)OCc1ccccc1. The van der Waals surface area contributed by atoms with Gasteiger partial charge in [-0.05, 0) is 18.1 Å². The lowest BCUT2D eigenvalue weighted by atomic mass is 10.1. The Labute approximate surface area is 109 Å². The molecule has 0 N–H and O–H groups in total. The molecule has 1 nitrogen and oxygen atoms in total. The molecule has 0 saturated heterocycles. The zero-order chi connectivity index (χ0) is 12.8. The largest absolute Gasteiger partial charge is 0.494 e. The van der Waals surface area contributed by atoms with Crippen LogP contribution in [0.4, 0.5) is 0 Å². The van der Waals surface area contributed by atoms with Gasteiger partial charge in [-0.25, -0.2) is 0 Å². The van der Waals surface area contributed by atoms with Crippen molar-refractivity contribution >= 4 is 0 Å². The summed E-state index contributed by atoms with van der Waals surface area (Å²) in [5.41, 5.74) is 3.68. The molecular formula is C17H18O. The molecule has 0 radical (unpaired) electrons. The monoisotopic (exact) mass is 238 g/mol. The third-order valence-corrected chi connectivity index (χ3v) is 2.81. The fraction of sp³-hybridized carbons (Fsp3) is 0.176. The average Bonchev–Trinajstić information content (AvgIpc) is 2.40. The summed E-state index contributed by atoms with van der Waals surface area (Å²) in [7, 11) is 0. The molecule has 0 amide bonds. The first-order chi connectivity index (χ1) is 8.74. The first-order valence-electron chi connectivity index (χ1n) is 6.14. The lowest BCUT2D eigenvalue weighted by Crippen LogP contribution is -1.96. The molecule has 0 aliphatic carbocycles. The molecule has 0 unspecified atom stereocenters. The van der Waals surface area contributed by atoms with Gasteiger partial charge in [0, 0.05) is 6.42 Å². The van der Waals surface area contributed by atoms with Crippen LogP contribution in [0.25, 0.3) is 0 Å². The van der Waals surface area contributed by atoms with E-state index in [0.29, 0.717) is 6.61 Å². The van der Waals surface area contributed by atoms with E-state index in [9.17, 15) is 0 Å². The molecular weight excluding hydrogens is 220 g/mol. The van der Waals surface area contributed by atoms with Crippen molar-refractivity contribution in [3.63, 3.8) is 0 Å². The second kappa shape index (κ2) is 6.06. The van der Waals surface area contributed by atoms with Crippen molar-refractivity contribution in [1.29, 1.82) is 0 Å². The highest BCUT2D eigenvalue weighted by atomic mass is 16.5. The third-order valence-electron chi connectivity index (χ3n) is 2.81. The minimum absolute atomic E-state index is 0.589. The highest BCUT2D eigenvalue weighted by molar-refractivity contribution is 5.24. The van der Waals surface area contributed by atoms with Crippen LogP contribution in [0.5, 0.6) is 0 Å². The maximum absolute atomic E-state index is 5.67. The maximum atomic E-state index is 5.67. The van der Waals surface area contributed by atoms with Gasteiger partial charge in [0.05, 0.1) is 5.76 Å². The quantitative estimate of drug-likeness (QED) is 0.707. The van der Waals surface area contributed by atoms with Crippen LogP contribution in [0.2, 0.25) is 0 Å². The molecule has 0 fully saturated rings. The van der Waals surface area contributed by atoms with E-state index in [1.165, 1.54) is 16.7 Å². The van der Waals surface area contributed by atoms with Crippen LogP contribution < -0.4 is 0 Å². The third kappa shape index (κ3) is 3.77. The molecule has 0 heterocycles. The fourth-order valence-electron chi connectivity index (χ4n) is 1.74. The molecule has 0 aromatic heterocycles. The van der Waals surface area contributed by atoms with Crippen molar-refractivity contribution in [1.82, 2.24) is 0 Å². The number of rotatable bonds is 5. The van der Waals surface area contributed by atoms with Crippen molar-refractivity contribution in [2.24, 2.45) is 0 Å². The molecule has 0 spiro atoms. The van der Waals surface area contributed by atoms with Gasteiger partial charge in [0.1, 0.15) is 6.61 Å². The molecule has 0 saturated carbocycles. The molecule has 92 valence electrons. The Balaban J connectivity index is 1.84. The van der Waals surface area contributed by atoms with Gasteiger partial charge < -0.3 is 4.74 Å².